The molecule has 4 heteroatoms. The summed E-state index contributed by atoms with van der Waals surface area (Å²) in [5.74, 6) is -3.47. The van der Waals surface area contributed by atoms with Crippen molar-refractivity contribution in [1.29, 1.82) is 0 Å². The molecule has 1 aliphatic carbocycles. The van der Waals surface area contributed by atoms with E-state index in [0.717, 1.165) is 25.3 Å². The number of hydrogen-bond donors (Lipinski definition) is 1. The molecule has 0 unspecified atom stereocenters. The van der Waals surface area contributed by atoms with Crippen molar-refractivity contribution in [3.8, 4) is 0 Å². The lowest BCUT2D eigenvalue weighted by atomic mass is 9.78. The lowest BCUT2D eigenvalue weighted by molar-refractivity contribution is -0.142. The van der Waals surface area contributed by atoms with E-state index in [4.69, 9.17) is 5.11 Å². The lowest BCUT2D eigenvalue weighted by Crippen LogP contribution is -2.20. The SMILES string of the molecule is CC(F)(F)c1ccc(C2CCC(C(=O)O)CC2)cc1. The minimum Gasteiger partial charge on any atom is -0.481 e. The van der Waals surface area contributed by atoms with E-state index >= 15 is 0 Å². The number of hydrogen-bond acceptors (Lipinski definition) is 1. The van der Waals surface area contributed by atoms with Crippen molar-refractivity contribution in [2.75, 3.05) is 0 Å². The van der Waals surface area contributed by atoms with Gasteiger partial charge in [-0.15, -0.1) is 0 Å². The summed E-state index contributed by atoms with van der Waals surface area (Å²) < 4.78 is 26.2. The molecule has 0 aliphatic heterocycles. The highest BCUT2D eigenvalue weighted by Gasteiger charge is 2.28. The summed E-state index contributed by atoms with van der Waals surface area (Å²) in [5, 5.41) is 8.94. The van der Waals surface area contributed by atoms with Crippen LogP contribution in [-0.4, -0.2) is 11.1 Å². The molecular weight excluding hydrogens is 250 g/mol. The highest BCUT2D eigenvalue weighted by Crippen LogP contribution is 2.36. The third-order valence-electron chi connectivity index (χ3n) is 3.97. The number of halogens is 2. The summed E-state index contributed by atoms with van der Waals surface area (Å²) in [7, 11) is 0. The monoisotopic (exact) mass is 268 g/mol. The van der Waals surface area contributed by atoms with Gasteiger partial charge in [0.25, 0.3) is 5.92 Å². The van der Waals surface area contributed by atoms with Gasteiger partial charge in [-0.1, -0.05) is 24.3 Å². The zero-order valence-corrected chi connectivity index (χ0v) is 10.9. The van der Waals surface area contributed by atoms with Crippen molar-refractivity contribution in [2.45, 2.75) is 44.4 Å². The first-order chi connectivity index (χ1) is 8.88. The highest BCUT2D eigenvalue weighted by molar-refractivity contribution is 5.70. The van der Waals surface area contributed by atoms with Gasteiger partial charge in [0.15, 0.2) is 0 Å². The summed E-state index contributed by atoms with van der Waals surface area (Å²) in [6.07, 6.45) is 2.98. The van der Waals surface area contributed by atoms with Crippen LogP contribution in [0.1, 0.15) is 49.7 Å². The van der Waals surface area contributed by atoms with Gasteiger partial charge in [-0.2, -0.15) is 0 Å². The molecule has 1 aliphatic rings. The summed E-state index contributed by atoms with van der Waals surface area (Å²) in [6.45, 7) is 0.889. The average Bonchev–Trinajstić information content (AvgIpc) is 2.38. The number of carbonyl (C=O) groups is 1. The standard InChI is InChI=1S/C15H18F2O2/c1-15(16,17)13-8-6-11(7-9-13)10-2-4-12(5-3-10)14(18)19/h6-10,12H,2-5H2,1H3,(H,18,19). The Labute approximate surface area is 111 Å². The number of aliphatic carboxylic acids is 1. The summed E-state index contributed by atoms with van der Waals surface area (Å²) in [6, 6.07) is 6.44. The van der Waals surface area contributed by atoms with Crippen LogP contribution in [0.3, 0.4) is 0 Å². The van der Waals surface area contributed by atoms with Crippen molar-refractivity contribution in [1.82, 2.24) is 0 Å². The van der Waals surface area contributed by atoms with Crippen molar-refractivity contribution in [2.24, 2.45) is 5.92 Å². The quantitative estimate of drug-likeness (QED) is 0.893. The Hall–Kier alpha value is -1.45. The van der Waals surface area contributed by atoms with E-state index in [1.54, 1.807) is 12.1 Å². The van der Waals surface area contributed by atoms with Crippen LogP contribution < -0.4 is 0 Å². The molecular formula is C15H18F2O2. The van der Waals surface area contributed by atoms with Crippen LogP contribution in [0.25, 0.3) is 0 Å². The molecule has 1 aromatic carbocycles. The van der Waals surface area contributed by atoms with Gasteiger partial charge in [0.1, 0.15) is 0 Å². The topological polar surface area (TPSA) is 37.3 Å². The predicted octanol–water partition coefficient (Wildman–Crippen LogP) is 4.16. The molecule has 2 nitrogen and oxygen atoms in total. The van der Waals surface area contributed by atoms with Gasteiger partial charge >= 0.3 is 5.97 Å². The van der Waals surface area contributed by atoms with E-state index in [9.17, 15) is 13.6 Å². The smallest absolute Gasteiger partial charge is 0.306 e. The van der Waals surface area contributed by atoms with E-state index in [1.165, 1.54) is 12.1 Å². The lowest BCUT2D eigenvalue weighted by Gasteiger charge is -2.26. The minimum absolute atomic E-state index is 0.0236. The van der Waals surface area contributed by atoms with Gasteiger partial charge in [0, 0.05) is 12.5 Å². The molecule has 0 aromatic heterocycles. The number of alkyl halides is 2. The summed E-state index contributed by atoms with van der Waals surface area (Å²) in [4.78, 5) is 10.9. The van der Waals surface area contributed by atoms with Crippen LogP contribution in [0.2, 0.25) is 0 Å². The van der Waals surface area contributed by atoms with Crippen LogP contribution >= 0.6 is 0 Å². The van der Waals surface area contributed by atoms with Crippen molar-refractivity contribution in [3.63, 3.8) is 0 Å². The third-order valence-corrected chi connectivity index (χ3v) is 3.97. The molecule has 0 atom stereocenters. The van der Waals surface area contributed by atoms with Crippen LogP contribution in [0.5, 0.6) is 0 Å². The Morgan fingerprint density at radius 2 is 1.68 bits per heavy atom. The molecule has 0 heterocycles. The molecule has 0 saturated heterocycles. The van der Waals surface area contributed by atoms with Crippen molar-refractivity contribution < 1.29 is 18.7 Å². The van der Waals surface area contributed by atoms with Crippen LogP contribution in [0, 0.1) is 5.92 Å². The zero-order chi connectivity index (χ0) is 14.0. The first-order valence-corrected chi connectivity index (χ1v) is 6.59. The molecule has 1 fully saturated rings. The molecule has 1 saturated carbocycles. The van der Waals surface area contributed by atoms with Crippen LogP contribution in [0.4, 0.5) is 8.78 Å². The Morgan fingerprint density at radius 3 is 2.11 bits per heavy atom. The second-order valence-corrected chi connectivity index (χ2v) is 5.40. The fraction of sp³-hybridized carbons (Fsp3) is 0.533. The molecule has 2 rings (SSSR count). The van der Waals surface area contributed by atoms with Crippen molar-refractivity contribution in [3.05, 3.63) is 35.4 Å². The molecule has 1 aromatic rings. The van der Waals surface area contributed by atoms with E-state index in [1.807, 2.05) is 0 Å². The minimum atomic E-state index is -2.81. The van der Waals surface area contributed by atoms with Gasteiger partial charge < -0.3 is 5.11 Å². The highest BCUT2D eigenvalue weighted by atomic mass is 19.3. The molecule has 0 spiro atoms. The zero-order valence-electron chi connectivity index (χ0n) is 10.9. The number of rotatable bonds is 3. The molecule has 19 heavy (non-hydrogen) atoms. The van der Waals surface area contributed by atoms with E-state index in [2.05, 4.69) is 0 Å². The van der Waals surface area contributed by atoms with Crippen LogP contribution in [-0.2, 0) is 10.7 Å². The maximum atomic E-state index is 13.1. The van der Waals surface area contributed by atoms with E-state index in [-0.39, 0.29) is 11.5 Å². The molecule has 0 amide bonds. The maximum Gasteiger partial charge on any atom is 0.306 e. The number of carboxylic acids is 1. The van der Waals surface area contributed by atoms with Gasteiger partial charge in [-0.05, 0) is 37.2 Å². The summed E-state index contributed by atoms with van der Waals surface area (Å²) >= 11 is 0. The van der Waals surface area contributed by atoms with Crippen LogP contribution in [0.15, 0.2) is 24.3 Å². The number of carboxylic acid groups (broad SMARTS) is 1. The van der Waals surface area contributed by atoms with Gasteiger partial charge in [-0.3, -0.25) is 4.79 Å². The largest absolute Gasteiger partial charge is 0.481 e. The molecule has 104 valence electrons. The normalized spacial score (nSPS) is 24.2. The van der Waals surface area contributed by atoms with Gasteiger partial charge in [-0.25, -0.2) is 8.78 Å². The third kappa shape index (κ3) is 3.31. The second-order valence-electron chi connectivity index (χ2n) is 5.40. The maximum absolute atomic E-state index is 13.1. The average molecular weight is 268 g/mol. The van der Waals surface area contributed by atoms with E-state index < -0.39 is 11.9 Å². The van der Waals surface area contributed by atoms with E-state index in [0.29, 0.717) is 18.8 Å². The first-order valence-electron chi connectivity index (χ1n) is 6.59. The Balaban J connectivity index is 2.02. The Morgan fingerprint density at radius 1 is 1.16 bits per heavy atom. The summed E-state index contributed by atoms with van der Waals surface area (Å²) in [5.41, 5.74) is 1.06. The first kappa shape index (κ1) is 14.0. The predicted molar refractivity (Wildman–Crippen MR) is 68.3 cm³/mol. The van der Waals surface area contributed by atoms with Crippen molar-refractivity contribution >= 4 is 5.97 Å². The molecule has 0 radical (unpaired) electrons. The Kier molecular flexibility index (Phi) is 3.88. The fourth-order valence-corrected chi connectivity index (χ4v) is 2.72. The second kappa shape index (κ2) is 5.27. The fourth-order valence-electron chi connectivity index (χ4n) is 2.72. The number of benzene rings is 1. The van der Waals surface area contributed by atoms with Gasteiger partial charge in [0.2, 0.25) is 0 Å². The van der Waals surface area contributed by atoms with Gasteiger partial charge in [0.05, 0.1) is 5.92 Å². The molecule has 1 N–H and O–H groups in total. The molecule has 0 bridgehead atoms. The Bertz CT molecular complexity index is 440.